The number of nitrogens with one attached hydrogen (secondary N) is 1. The fraction of sp³-hybridized carbons (Fsp3) is 0.391. The second kappa shape index (κ2) is 8.71. The highest BCUT2D eigenvalue weighted by molar-refractivity contribution is 7.91. The van der Waals surface area contributed by atoms with Crippen molar-refractivity contribution in [2.75, 3.05) is 12.8 Å². The van der Waals surface area contributed by atoms with E-state index in [1.54, 1.807) is 0 Å². The average molecular weight is 539 g/mol. The molecule has 2 amide bonds. The van der Waals surface area contributed by atoms with E-state index in [0.29, 0.717) is 18.6 Å². The van der Waals surface area contributed by atoms with Gasteiger partial charge in [0.1, 0.15) is 34.1 Å². The van der Waals surface area contributed by atoms with Crippen molar-refractivity contribution in [3.05, 3.63) is 68.9 Å². The van der Waals surface area contributed by atoms with Gasteiger partial charge in [-0.05, 0) is 12.8 Å². The number of oxime groups is 1. The molecule has 1 N–H and O–H groups in total. The Morgan fingerprint density at radius 1 is 1.22 bits per heavy atom. The zero-order valence-corrected chi connectivity index (χ0v) is 20.2. The second-order valence-corrected chi connectivity index (χ2v) is 11.5. The van der Waals surface area contributed by atoms with Crippen LogP contribution in [0.4, 0.5) is 13.2 Å². The van der Waals surface area contributed by atoms with E-state index in [2.05, 4.69) is 10.5 Å². The van der Waals surface area contributed by atoms with Gasteiger partial charge in [0.2, 0.25) is 0 Å². The van der Waals surface area contributed by atoms with E-state index in [-0.39, 0.29) is 25.1 Å². The second-order valence-electron chi connectivity index (χ2n) is 9.32. The molecular formula is C23H21F3N4O6S. The number of carbonyl (C=O) groups excluding carboxylic acids is 2. The Balaban J connectivity index is 1.53. The Labute approximate surface area is 208 Å². The van der Waals surface area contributed by atoms with Crippen LogP contribution in [0.15, 0.2) is 34.3 Å². The zero-order chi connectivity index (χ0) is 26.7. The first-order chi connectivity index (χ1) is 17.4. The van der Waals surface area contributed by atoms with E-state index >= 15 is 0 Å². The molecule has 1 saturated heterocycles. The molecule has 1 aromatic carbocycles. The van der Waals surface area contributed by atoms with E-state index < -0.39 is 79.2 Å². The van der Waals surface area contributed by atoms with Crippen LogP contribution in [0, 0.1) is 17.5 Å². The molecule has 0 aliphatic carbocycles. The Kier molecular flexibility index (Phi) is 5.89. The smallest absolute Gasteiger partial charge is 0.271 e. The quantitative estimate of drug-likeness (QED) is 0.629. The van der Waals surface area contributed by atoms with E-state index in [0.717, 1.165) is 18.5 Å². The van der Waals surface area contributed by atoms with E-state index in [1.807, 2.05) is 0 Å². The van der Waals surface area contributed by atoms with Crippen molar-refractivity contribution in [3.63, 3.8) is 0 Å². The summed E-state index contributed by atoms with van der Waals surface area (Å²) < 4.78 is 67.5. The van der Waals surface area contributed by atoms with Crippen LogP contribution in [0.1, 0.15) is 51.7 Å². The predicted molar refractivity (Wildman–Crippen MR) is 123 cm³/mol. The molecule has 3 aliphatic rings. The van der Waals surface area contributed by atoms with Crippen molar-refractivity contribution in [3.8, 4) is 0 Å². The Hall–Kier alpha value is -3.68. The molecule has 0 radical (unpaired) electrons. The lowest BCUT2D eigenvalue weighted by Gasteiger charge is -2.41. The Bertz CT molecular complexity index is 1490. The summed E-state index contributed by atoms with van der Waals surface area (Å²) in [7, 11) is -3.68. The van der Waals surface area contributed by atoms with Gasteiger partial charge < -0.3 is 19.6 Å². The number of benzene rings is 1. The third-order valence-corrected chi connectivity index (χ3v) is 8.53. The topological polar surface area (TPSA) is 127 Å². The molecule has 37 heavy (non-hydrogen) atoms. The lowest BCUT2D eigenvalue weighted by molar-refractivity contribution is -0.0653. The van der Waals surface area contributed by atoms with Gasteiger partial charge in [0.05, 0.1) is 6.04 Å². The van der Waals surface area contributed by atoms with Crippen molar-refractivity contribution >= 4 is 27.9 Å². The van der Waals surface area contributed by atoms with E-state index in [1.165, 1.54) is 15.7 Å². The molecule has 3 aliphatic heterocycles. The summed E-state index contributed by atoms with van der Waals surface area (Å²) in [6, 6.07) is 1.18. The van der Waals surface area contributed by atoms with Crippen LogP contribution in [-0.4, -0.2) is 59.7 Å². The molecule has 1 spiro atoms. The highest BCUT2D eigenvalue weighted by atomic mass is 32.2. The number of halogens is 3. The molecule has 0 saturated carbocycles. The molecule has 1 fully saturated rings. The zero-order valence-electron chi connectivity index (χ0n) is 19.4. The molecule has 5 rings (SSSR count). The van der Waals surface area contributed by atoms with Crippen molar-refractivity contribution in [1.82, 2.24) is 14.8 Å². The average Bonchev–Trinajstić information content (AvgIpc) is 3.22. The van der Waals surface area contributed by atoms with Gasteiger partial charge in [0, 0.05) is 61.9 Å². The number of aromatic nitrogens is 1. The molecule has 4 heterocycles. The molecule has 10 nitrogen and oxygen atoms in total. The molecule has 14 heteroatoms. The fourth-order valence-corrected chi connectivity index (χ4v) is 6.37. The maximum Gasteiger partial charge on any atom is 0.271 e. The van der Waals surface area contributed by atoms with Crippen LogP contribution < -0.4 is 10.7 Å². The van der Waals surface area contributed by atoms with Crippen molar-refractivity contribution in [2.45, 2.75) is 42.8 Å². The lowest BCUT2D eigenvalue weighted by atomic mass is 9.86. The largest absolute Gasteiger partial charge is 0.387 e. The van der Waals surface area contributed by atoms with Gasteiger partial charge in [-0.1, -0.05) is 5.16 Å². The molecular weight excluding hydrogens is 517 g/mol. The van der Waals surface area contributed by atoms with Crippen LogP contribution >= 0.6 is 0 Å². The number of hydrogen-bond donors (Lipinski definition) is 1. The van der Waals surface area contributed by atoms with Gasteiger partial charge in [-0.25, -0.2) is 21.6 Å². The van der Waals surface area contributed by atoms with Gasteiger partial charge in [-0.3, -0.25) is 14.4 Å². The summed E-state index contributed by atoms with van der Waals surface area (Å²) in [6.45, 7) is -0.728. The molecule has 196 valence electrons. The first kappa shape index (κ1) is 25.0. The van der Waals surface area contributed by atoms with Gasteiger partial charge in [-0.2, -0.15) is 0 Å². The third kappa shape index (κ3) is 4.18. The number of fused-ring (bicyclic) bond motifs is 5. The van der Waals surface area contributed by atoms with E-state index in [4.69, 9.17) is 4.84 Å². The van der Waals surface area contributed by atoms with Gasteiger partial charge in [0.15, 0.2) is 20.9 Å². The first-order valence-electron chi connectivity index (χ1n) is 11.3. The highest BCUT2D eigenvalue weighted by Crippen LogP contribution is 2.44. The van der Waals surface area contributed by atoms with E-state index in [9.17, 15) is 36.0 Å². The van der Waals surface area contributed by atoms with Crippen LogP contribution in [-0.2, 0) is 21.2 Å². The number of pyridine rings is 1. The number of hydrogen-bond acceptors (Lipinski definition) is 7. The lowest BCUT2D eigenvalue weighted by Crippen LogP contribution is -2.53. The number of sulfone groups is 1. The van der Waals surface area contributed by atoms with Crippen LogP contribution in [0.3, 0.4) is 0 Å². The first-order valence-corrected chi connectivity index (χ1v) is 13.2. The maximum atomic E-state index is 14.0. The predicted octanol–water partition coefficient (Wildman–Crippen LogP) is 1.50. The standard InChI is InChI=1S/C23H21F3N4O6S/c1-37(34,35)20-2-3-23(4-5-28-36-23)19-11-30(20)22(33)17-8-18(31)14(10-29(17)19)21(32)27-9-13-15(25)6-12(24)7-16(13)26/h5-8,10,19-20H,2-4,9,11H2,1H3,(H,27,32). The molecule has 1 aromatic heterocycles. The van der Waals surface area contributed by atoms with Gasteiger partial charge in [-0.15, -0.1) is 0 Å². The van der Waals surface area contributed by atoms with Crippen molar-refractivity contribution in [1.29, 1.82) is 0 Å². The monoisotopic (exact) mass is 538 g/mol. The maximum absolute atomic E-state index is 14.0. The van der Waals surface area contributed by atoms with Crippen molar-refractivity contribution < 1.29 is 36.0 Å². The normalized spacial score (nSPS) is 24.5. The highest BCUT2D eigenvalue weighted by Gasteiger charge is 2.54. The van der Waals surface area contributed by atoms with Crippen LogP contribution in [0.25, 0.3) is 0 Å². The minimum Gasteiger partial charge on any atom is -0.387 e. The summed E-state index contributed by atoms with van der Waals surface area (Å²) in [5, 5.41) is 4.98. The number of amides is 2. The van der Waals surface area contributed by atoms with Gasteiger partial charge in [0.25, 0.3) is 11.8 Å². The van der Waals surface area contributed by atoms with Crippen LogP contribution in [0.5, 0.6) is 0 Å². The SMILES string of the molecule is CS(=O)(=O)C1CCC2(CC=NO2)C2CN1C(=O)c1cc(=O)c(C(=O)NCc3c(F)cc(F)cc3F)cn12. The number of rotatable bonds is 4. The fourth-order valence-electron chi connectivity index (χ4n) is 5.18. The summed E-state index contributed by atoms with van der Waals surface area (Å²) in [4.78, 5) is 45.9. The van der Waals surface area contributed by atoms with Gasteiger partial charge >= 0.3 is 0 Å². The third-order valence-electron chi connectivity index (χ3n) is 7.05. The minimum absolute atomic E-state index is 0.0666. The molecule has 2 bridgehead atoms. The summed E-state index contributed by atoms with van der Waals surface area (Å²) in [6.07, 6.45) is 4.36. The number of nitrogens with zero attached hydrogens (tertiary/aromatic N) is 3. The Morgan fingerprint density at radius 3 is 2.54 bits per heavy atom. The van der Waals surface area contributed by atoms with Crippen molar-refractivity contribution in [2.24, 2.45) is 5.16 Å². The minimum atomic E-state index is -3.68. The summed E-state index contributed by atoms with van der Waals surface area (Å²) in [5.41, 5.74) is -3.00. The number of carbonyl (C=O) groups is 2. The molecule has 3 atom stereocenters. The summed E-state index contributed by atoms with van der Waals surface area (Å²) >= 11 is 0. The molecule has 2 aromatic rings. The van der Waals surface area contributed by atoms with Crippen LogP contribution in [0.2, 0.25) is 0 Å². The summed E-state index contributed by atoms with van der Waals surface area (Å²) in [5.74, 6) is -5.19. The molecule has 3 unspecified atom stereocenters. The Morgan fingerprint density at radius 2 is 1.92 bits per heavy atom.